The summed E-state index contributed by atoms with van der Waals surface area (Å²) >= 11 is 0. The monoisotopic (exact) mass is 1370 g/mol. The van der Waals surface area contributed by atoms with E-state index in [-0.39, 0.29) is 66.7 Å². The van der Waals surface area contributed by atoms with Crippen LogP contribution in [0.5, 0.6) is 17.2 Å². The Balaban J connectivity index is 0. The Hall–Kier alpha value is -7.30. The highest BCUT2D eigenvalue weighted by Gasteiger charge is 2.30. The lowest BCUT2D eigenvalue weighted by molar-refractivity contribution is -0.404. The molecule has 484 valence electrons. The normalized spacial score (nSPS) is 11.1. The van der Waals surface area contributed by atoms with E-state index in [1.807, 2.05) is 55.4 Å². The minimum Gasteiger partial charge on any atom is -0.497 e. The van der Waals surface area contributed by atoms with Crippen LogP contribution in [-0.4, -0.2) is 141 Å². The second-order valence-electron chi connectivity index (χ2n) is 19.0. The largest absolute Gasteiger partial charge is 0.497 e. The van der Waals surface area contributed by atoms with Crippen LogP contribution in [0.4, 0.5) is 34.1 Å². The fraction of sp³-hybridized carbons (Fsp3) is 0.450. The molecule has 0 saturated carbocycles. The van der Waals surface area contributed by atoms with E-state index in [9.17, 15) is 44.7 Å². The van der Waals surface area contributed by atoms with Crippen LogP contribution in [-0.2, 0) is 18.9 Å². The number of non-ortho nitro benzene ring substituents is 1. The molecule has 5 aromatic carbocycles. The lowest BCUT2D eigenvalue weighted by Crippen LogP contribution is -2.37. The molecule has 24 nitrogen and oxygen atoms in total. The first-order valence-electron chi connectivity index (χ1n) is 28.0. The van der Waals surface area contributed by atoms with Gasteiger partial charge in [0.05, 0.1) is 83.2 Å². The number of anilines is 3. The van der Waals surface area contributed by atoms with Gasteiger partial charge >= 0.3 is 29.3 Å². The van der Waals surface area contributed by atoms with Gasteiger partial charge in [-0.1, -0.05) is 53.4 Å². The average molecular weight is 1370 g/mol. The van der Waals surface area contributed by atoms with Crippen LogP contribution in [0.25, 0.3) is 0 Å². The predicted molar refractivity (Wildman–Crippen MR) is 353 cm³/mol. The van der Waals surface area contributed by atoms with Crippen LogP contribution in [0.2, 0.25) is 0 Å². The molecule has 1 heterocycles. The Morgan fingerprint density at radius 3 is 1.33 bits per heavy atom. The SMILES string of the molecule is CCCCNc1ccc(C(=O)OCCN(C)C)cc1.CCCCOC(=O)c1ccc(N)cc1.CCCCOC(=O)c1ccc(N)cc1.CCCCOc1ccc(OCCCN2CCOCC2)cc1.Cl.Cl.I.O=[N+]([O-])c1cc([N+](=O)[O-])c(O)c([N+](=O)[O-])c1. The summed E-state index contributed by atoms with van der Waals surface area (Å²) in [4.78, 5) is 66.6. The number of nitrogens with zero attached hydrogens (tertiary/aromatic N) is 5. The maximum Gasteiger partial charge on any atom is 0.338 e. The number of phenolic OH excluding ortho intramolecular Hbond substituents is 1. The van der Waals surface area contributed by atoms with Gasteiger partial charge in [-0.15, -0.1) is 48.8 Å². The van der Waals surface area contributed by atoms with Crippen LogP contribution in [0.3, 0.4) is 0 Å². The molecule has 0 amide bonds. The Bertz CT molecular complexity index is 2610. The third-order valence-electron chi connectivity index (χ3n) is 11.7. The maximum absolute atomic E-state index is 11.7. The summed E-state index contributed by atoms with van der Waals surface area (Å²) in [6.07, 6.45) is 9.47. The zero-order valence-corrected chi connectivity index (χ0v) is 54.4. The number of nitro benzene ring substituents is 3. The Kier molecular flexibility index (Phi) is 45.8. The molecule has 0 radical (unpaired) electrons. The van der Waals surface area contributed by atoms with E-state index in [2.05, 4.69) is 37.9 Å². The summed E-state index contributed by atoms with van der Waals surface area (Å²) in [6.45, 7) is 18.0. The number of rotatable bonds is 28. The number of esters is 3. The number of nitrogens with two attached hydrogens (primary N) is 2. The van der Waals surface area contributed by atoms with Crippen molar-refractivity contribution in [3.63, 3.8) is 0 Å². The zero-order chi connectivity index (χ0) is 62.1. The van der Waals surface area contributed by atoms with Crippen molar-refractivity contribution >= 4 is 101 Å². The quantitative estimate of drug-likeness (QED) is 0.00687. The highest BCUT2D eigenvalue weighted by atomic mass is 127. The van der Waals surface area contributed by atoms with E-state index in [0.29, 0.717) is 60.0 Å². The molecule has 0 bridgehead atoms. The van der Waals surface area contributed by atoms with Gasteiger partial charge in [0.25, 0.3) is 11.4 Å². The van der Waals surface area contributed by atoms with Crippen LogP contribution in [0, 0.1) is 30.3 Å². The van der Waals surface area contributed by atoms with Gasteiger partial charge in [0.15, 0.2) is 0 Å². The van der Waals surface area contributed by atoms with E-state index in [1.165, 1.54) is 6.42 Å². The third kappa shape index (κ3) is 35.8. The molecule has 1 saturated heterocycles. The van der Waals surface area contributed by atoms with Gasteiger partial charge in [0.1, 0.15) is 18.1 Å². The number of morpholine rings is 1. The standard InChI is InChI=1S/C17H27NO3.C15H24N2O2.2C11H15NO2.C6H3N3O7.2ClH.HI/c1-2-3-12-20-16-5-7-17(8-6-16)21-13-4-9-18-10-14-19-15-11-18;1-4-5-10-16-14-8-6-13(7-9-14)15(18)19-12-11-17(2)3;2*1-2-3-8-14-11(13)9-4-6-10(12)7-5-9;10-6-4(8(13)14)1-3(7(11)12)2-5(6)9(15)16;;;/h5-8H,2-4,9-15H2,1H3;6-9,16H,4-5,10-12H2,1-3H3;2*4-7H,2-3,8,12H2,1H3;1-2,10H;3*1H. The van der Waals surface area contributed by atoms with Gasteiger partial charge in [0, 0.05) is 49.8 Å². The van der Waals surface area contributed by atoms with Crippen LogP contribution < -0.4 is 26.3 Å². The fourth-order valence-corrected chi connectivity index (χ4v) is 6.80. The zero-order valence-electron chi connectivity index (χ0n) is 50.4. The van der Waals surface area contributed by atoms with E-state index in [4.69, 9.17) is 45.0 Å². The van der Waals surface area contributed by atoms with Gasteiger partial charge in [-0.05, 0) is 143 Å². The number of phenols is 1. The number of hydrogen-bond acceptors (Lipinski definition) is 21. The molecule has 87 heavy (non-hydrogen) atoms. The van der Waals surface area contributed by atoms with Gasteiger partial charge in [0.2, 0.25) is 0 Å². The van der Waals surface area contributed by atoms with Crippen molar-refractivity contribution in [2.24, 2.45) is 0 Å². The number of ether oxygens (including phenoxy) is 6. The molecule has 0 aliphatic carbocycles. The van der Waals surface area contributed by atoms with Crippen molar-refractivity contribution in [2.45, 2.75) is 85.5 Å². The molecule has 6 N–H and O–H groups in total. The highest BCUT2D eigenvalue weighted by molar-refractivity contribution is 14.0. The molecule has 6 rings (SSSR count). The second kappa shape index (κ2) is 48.8. The maximum atomic E-state index is 11.7. The number of unbranched alkanes of at least 4 members (excludes halogenated alkanes) is 4. The molecule has 5 aromatic rings. The lowest BCUT2D eigenvalue weighted by Gasteiger charge is -2.26. The Morgan fingerprint density at radius 2 is 0.954 bits per heavy atom. The fourth-order valence-electron chi connectivity index (χ4n) is 6.80. The van der Waals surface area contributed by atoms with Crippen molar-refractivity contribution in [3.05, 3.63) is 156 Å². The van der Waals surface area contributed by atoms with Crippen LogP contribution in [0.15, 0.2) is 109 Å². The number of hydrogen-bond donors (Lipinski definition) is 4. The van der Waals surface area contributed by atoms with E-state index < -0.39 is 37.6 Å². The summed E-state index contributed by atoms with van der Waals surface area (Å²) in [6, 6.07) is 29.7. The number of nitrogens with one attached hydrogen (secondary N) is 1. The number of aromatic hydroxyl groups is 1. The summed E-state index contributed by atoms with van der Waals surface area (Å²) in [5.74, 6) is -0.191. The topological polar surface area (TPSA) is 327 Å². The van der Waals surface area contributed by atoms with Crippen LogP contribution >= 0.6 is 48.8 Å². The number of likely N-dealkylation sites (N-methyl/N-ethyl adjacent to an activating group) is 1. The molecule has 0 aromatic heterocycles. The molecular weight excluding hydrogens is 1290 g/mol. The minimum atomic E-state index is -1.21. The predicted octanol–water partition coefficient (Wildman–Crippen LogP) is 12.6. The summed E-state index contributed by atoms with van der Waals surface area (Å²) in [5.41, 5.74) is 12.0. The van der Waals surface area contributed by atoms with Crippen molar-refractivity contribution in [1.29, 1.82) is 0 Å². The number of nitro groups is 3. The Morgan fingerprint density at radius 1 is 0.575 bits per heavy atom. The highest BCUT2D eigenvalue weighted by Crippen LogP contribution is 2.39. The van der Waals surface area contributed by atoms with Crippen molar-refractivity contribution in [1.82, 2.24) is 9.80 Å². The molecule has 1 fully saturated rings. The lowest BCUT2D eigenvalue weighted by atomic mass is 10.2. The van der Waals surface area contributed by atoms with Crippen molar-refractivity contribution in [2.75, 3.05) is 110 Å². The number of halogens is 3. The van der Waals surface area contributed by atoms with Gasteiger partial charge in [-0.3, -0.25) is 35.2 Å². The first-order valence-corrected chi connectivity index (χ1v) is 28.0. The van der Waals surface area contributed by atoms with Gasteiger partial charge in [-0.25, -0.2) is 14.4 Å². The minimum absolute atomic E-state index is 0. The molecule has 1 aliphatic heterocycles. The summed E-state index contributed by atoms with van der Waals surface area (Å²) in [7, 11) is 3.90. The molecule has 27 heteroatoms. The third-order valence-corrected chi connectivity index (χ3v) is 11.7. The second-order valence-corrected chi connectivity index (χ2v) is 19.0. The first kappa shape index (κ1) is 81.8. The molecular formula is C60H87Cl2IN8O16. The summed E-state index contributed by atoms with van der Waals surface area (Å²) in [5, 5.41) is 43.5. The van der Waals surface area contributed by atoms with Gasteiger partial charge < -0.3 is 55.2 Å². The summed E-state index contributed by atoms with van der Waals surface area (Å²) < 4.78 is 32.0. The van der Waals surface area contributed by atoms with E-state index >= 15 is 0 Å². The smallest absolute Gasteiger partial charge is 0.338 e. The van der Waals surface area contributed by atoms with Crippen molar-refractivity contribution in [3.8, 4) is 17.2 Å². The Labute approximate surface area is 539 Å². The number of nitrogen functional groups attached to an aromatic ring is 2. The molecule has 1 aliphatic rings. The van der Waals surface area contributed by atoms with E-state index in [0.717, 1.165) is 128 Å². The average Bonchev–Trinajstić information content (AvgIpc) is 3.07. The van der Waals surface area contributed by atoms with Crippen LogP contribution in [0.1, 0.15) is 117 Å². The van der Waals surface area contributed by atoms with Crippen molar-refractivity contribution < 1.29 is 62.7 Å². The molecule has 0 atom stereocenters. The number of carbonyl (C=O) groups is 3. The van der Waals surface area contributed by atoms with E-state index in [1.54, 1.807) is 60.7 Å². The van der Waals surface area contributed by atoms with Gasteiger partial charge in [-0.2, -0.15) is 0 Å². The number of carbonyl (C=O) groups excluding carboxylic acids is 3. The molecule has 0 spiro atoms. The first-order chi connectivity index (χ1) is 40.3. The number of benzene rings is 5. The molecule has 0 unspecified atom stereocenters.